The molecule has 27 heavy (non-hydrogen) atoms. The molecule has 1 amide bonds. The van der Waals surface area contributed by atoms with E-state index in [1.165, 1.54) is 5.56 Å². The molecule has 0 fully saturated rings. The summed E-state index contributed by atoms with van der Waals surface area (Å²) in [6.45, 7) is 6.20. The van der Waals surface area contributed by atoms with Crippen molar-refractivity contribution in [1.82, 2.24) is 9.99 Å². The van der Waals surface area contributed by atoms with Gasteiger partial charge in [-0.1, -0.05) is 18.2 Å². The summed E-state index contributed by atoms with van der Waals surface area (Å²) in [6, 6.07) is 17.2. The molecule has 0 radical (unpaired) electrons. The van der Waals surface area contributed by atoms with Crippen LogP contribution >= 0.6 is 0 Å². The van der Waals surface area contributed by atoms with Gasteiger partial charge in [-0.3, -0.25) is 4.79 Å². The van der Waals surface area contributed by atoms with Crippen molar-refractivity contribution >= 4 is 12.1 Å². The predicted octanol–water partition coefficient (Wildman–Crippen LogP) is 4.18. The van der Waals surface area contributed by atoms with E-state index in [0.29, 0.717) is 11.3 Å². The number of carbonyl (C=O) groups is 1. The Morgan fingerprint density at radius 2 is 1.78 bits per heavy atom. The molecule has 5 nitrogen and oxygen atoms in total. The zero-order valence-electron chi connectivity index (χ0n) is 16.0. The monoisotopic (exact) mass is 361 g/mol. The number of aryl methyl sites for hydroxylation is 2. The zero-order valence-corrected chi connectivity index (χ0v) is 16.0. The fraction of sp³-hybridized carbons (Fsp3) is 0.182. The third-order valence-corrected chi connectivity index (χ3v) is 4.55. The molecule has 0 atom stereocenters. The maximum Gasteiger partial charge on any atom is 0.271 e. The summed E-state index contributed by atoms with van der Waals surface area (Å²) in [5, 5.41) is 4.12. The van der Waals surface area contributed by atoms with E-state index in [4.69, 9.17) is 4.74 Å². The van der Waals surface area contributed by atoms with Crippen molar-refractivity contribution < 1.29 is 9.53 Å². The first kappa shape index (κ1) is 18.5. The van der Waals surface area contributed by atoms with E-state index in [-0.39, 0.29) is 5.91 Å². The van der Waals surface area contributed by atoms with Crippen LogP contribution in [0.3, 0.4) is 0 Å². The molecule has 1 heterocycles. The van der Waals surface area contributed by atoms with Crippen LogP contribution in [0.25, 0.3) is 5.69 Å². The van der Waals surface area contributed by atoms with Gasteiger partial charge in [-0.25, -0.2) is 5.43 Å². The molecule has 0 spiro atoms. The Morgan fingerprint density at radius 3 is 2.44 bits per heavy atom. The lowest BCUT2D eigenvalue weighted by Gasteiger charge is -2.12. The van der Waals surface area contributed by atoms with Crippen LogP contribution in [-0.2, 0) is 0 Å². The average molecular weight is 361 g/mol. The Bertz CT molecular complexity index is 985. The average Bonchev–Trinajstić information content (AvgIpc) is 2.96. The molecule has 0 saturated heterocycles. The van der Waals surface area contributed by atoms with Crippen LogP contribution in [0.1, 0.15) is 32.9 Å². The number of aromatic nitrogens is 1. The van der Waals surface area contributed by atoms with E-state index < -0.39 is 0 Å². The Morgan fingerprint density at radius 1 is 1.07 bits per heavy atom. The summed E-state index contributed by atoms with van der Waals surface area (Å²) in [5.74, 6) is 0.445. The van der Waals surface area contributed by atoms with Gasteiger partial charge in [0.2, 0.25) is 0 Å². The first-order chi connectivity index (χ1) is 13.0. The Labute approximate surface area is 159 Å². The lowest BCUT2D eigenvalue weighted by molar-refractivity contribution is 0.0955. The fourth-order valence-electron chi connectivity index (χ4n) is 3.07. The summed E-state index contributed by atoms with van der Waals surface area (Å²) in [4.78, 5) is 12.2. The minimum Gasteiger partial charge on any atom is -0.497 e. The van der Waals surface area contributed by atoms with E-state index in [0.717, 1.165) is 22.6 Å². The van der Waals surface area contributed by atoms with E-state index in [1.54, 1.807) is 37.6 Å². The van der Waals surface area contributed by atoms with E-state index >= 15 is 0 Å². The topological polar surface area (TPSA) is 55.6 Å². The highest BCUT2D eigenvalue weighted by molar-refractivity contribution is 5.95. The van der Waals surface area contributed by atoms with Gasteiger partial charge in [-0.05, 0) is 62.7 Å². The SMILES string of the molecule is COc1ccc(C(=O)N/N=C\c2cc(C)n(-c3ccccc3C)c2C)cc1. The van der Waals surface area contributed by atoms with Crippen LogP contribution in [0.5, 0.6) is 5.75 Å². The second kappa shape index (κ2) is 7.91. The standard InChI is InChI=1S/C22H23N3O2/c1-15-7-5-6-8-21(15)25-16(2)13-19(17(25)3)14-23-24-22(26)18-9-11-20(27-4)12-10-18/h5-14H,1-4H3,(H,24,26)/b23-14-. The number of para-hydroxylation sites is 1. The lowest BCUT2D eigenvalue weighted by atomic mass is 10.2. The van der Waals surface area contributed by atoms with E-state index in [1.807, 2.05) is 19.1 Å². The van der Waals surface area contributed by atoms with Crippen LogP contribution in [0.15, 0.2) is 59.7 Å². The van der Waals surface area contributed by atoms with Crippen molar-refractivity contribution in [2.45, 2.75) is 20.8 Å². The molecular formula is C22H23N3O2. The fourth-order valence-corrected chi connectivity index (χ4v) is 3.07. The molecule has 5 heteroatoms. The van der Waals surface area contributed by atoms with Crippen molar-refractivity contribution in [2.75, 3.05) is 7.11 Å². The largest absolute Gasteiger partial charge is 0.497 e. The Kier molecular flexibility index (Phi) is 5.41. The highest BCUT2D eigenvalue weighted by Gasteiger charge is 2.11. The van der Waals surface area contributed by atoms with Gasteiger partial charge in [0, 0.05) is 28.2 Å². The van der Waals surface area contributed by atoms with Gasteiger partial charge in [0.05, 0.1) is 13.3 Å². The quantitative estimate of drug-likeness (QED) is 0.548. The van der Waals surface area contributed by atoms with Gasteiger partial charge < -0.3 is 9.30 Å². The van der Waals surface area contributed by atoms with Crippen LogP contribution in [-0.4, -0.2) is 23.8 Å². The number of hydrazone groups is 1. The maximum absolute atomic E-state index is 12.2. The number of carbonyl (C=O) groups excluding carboxylic acids is 1. The normalized spacial score (nSPS) is 11.0. The smallest absolute Gasteiger partial charge is 0.271 e. The first-order valence-electron chi connectivity index (χ1n) is 8.73. The number of hydrogen-bond acceptors (Lipinski definition) is 3. The number of ether oxygens (including phenoxy) is 1. The molecule has 0 unspecified atom stereocenters. The lowest BCUT2D eigenvalue weighted by Crippen LogP contribution is -2.17. The summed E-state index contributed by atoms with van der Waals surface area (Å²) >= 11 is 0. The second-order valence-corrected chi connectivity index (χ2v) is 6.38. The minimum absolute atomic E-state index is 0.262. The molecular weight excluding hydrogens is 338 g/mol. The van der Waals surface area contributed by atoms with Crippen molar-refractivity contribution in [1.29, 1.82) is 0 Å². The van der Waals surface area contributed by atoms with Crippen molar-refractivity contribution in [3.8, 4) is 11.4 Å². The van der Waals surface area contributed by atoms with Gasteiger partial charge in [-0.2, -0.15) is 5.10 Å². The molecule has 2 aromatic carbocycles. The molecule has 1 N–H and O–H groups in total. The summed E-state index contributed by atoms with van der Waals surface area (Å²) < 4.78 is 7.29. The molecule has 3 rings (SSSR count). The summed E-state index contributed by atoms with van der Waals surface area (Å²) in [6.07, 6.45) is 1.68. The highest BCUT2D eigenvalue weighted by Crippen LogP contribution is 2.22. The summed E-state index contributed by atoms with van der Waals surface area (Å²) in [5.41, 5.74) is 8.60. The molecule has 0 bridgehead atoms. The van der Waals surface area contributed by atoms with Crippen molar-refractivity contribution in [2.24, 2.45) is 5.10 Å². The van der Waals surface area contributed by atoms with Crippen molar-refractivity contribution in [3.63, 3.8) is 0 Å². The number of benzene rings is 2. The predicted molar refractivity (Wildman–Crippen MR) is 108 cm³/mol. The molecule has 3 aromatic rings. The third kappa shape index (κ3) is 3.92. The molecule has 0 aliphatic rings. The molecule has 0 aliphatic carbocycles. The van der Waals surface area contributed by atoms with Crippen molar-refractivity contribution in [3.05, 3.63) is 82.7 Å². The van der Waals surface area contributed by atoms with Gasteiger partial charge in [-0.15, -0.1) is 0 Å². The molecule has 1 aromatic heterocycles. The molecule has 0 saturated carbocycles. The first-order valence-corrected chi connectivity index (χ1v) is 8.73. The second-order valence-electron chi connectivity index (χ2n) is 6.38. The minimum atomic E-state index is -0.262. The van der Waals surface area contributed by atoms with Crippen LogP contribution < -0.4 is 10.2 Å². The number of methoxy groups -OCH3 is 1. The Balaban J connectivity index is 1.77. The maximum atomic E-state index is 12.2. The molecule has 0 aliphatic heterocycles. The zero-order chi connectivity index (χ0) is 19.4. The van der Waals surface area contributed by atoms with Crippen LogP contribution in [0.2, 0.25) is 0 Å². The number of nitrogens with zero attached hydrogens (tertiary/aromatic N) is 2. The van der Waals surface area contributed by atoms with E-state index in [9.17, 15) is 4.79 Å². The Hall–Kier alpha value is -3.34. The third-order valence-electron chi connectivity index (χ3n) is 4.55. The van der Waals surface area contributed by atoms with Gasteiger partial charge in [0.15, 0.2) is 0 Å². The van der Waals surface area contributed by atoms with E-state index in [2.05, 4.69) is 47.1 Å². The van der Waals surface area contributed by atoms with Crippen LogP contribution in [0.4, 0.5) is 0 Å². The number of rotatable bonds is 5. The van der Waals surface area contributed by atoms with Gasteiger partial charge in [0.1, 0.15) is 5.75 Å². The number of amides is 1. The number of hydrogen-bond donors (Lipinski definition) is 1. The molecule has 138 valence electrons. The van der Waals surface area contributed by atoms with Crippen LogP contribution in [0, 0.1) is 20.8 Å². The summed E-state index contributed by atoms with van der Waals surface area (Å²) in [7, 11) is 1.59. The highest BCUT2D eigenvalue weighted by atomic mass is 16.5. The van der Waals surface area contributed by atoms with Gasteiger partial charge >= 0.3 is 0 Å². The number of nitrogens with one attached hydrogen (secondary N) is 1. The van der Waals surface area contributed by atoms with Gasteiger partial charge in [0.25, 0.3) is 5.91 Å².